The lowest BCUT2D eigenvalue weighted by Crippen LogP contribution is -2.45. The number of fused-ring (bicyclic) bond motifs is 2. The Morgan fingerprint density at radius 2 is 2.13 bits per heavy atom. The van der Waals surface area contributed by atoms with Gasteiger partial charge in [-0.1, -0.05) is 6.07 Å². The highest BCUT2D eigenvalue weighted by molar-refractivity contribution is 5.37. The zero-order valence-electron chi connectivity index (χ0n) is 8.87. The van der Waals surface area contributed by atoms with Crippen molar-refractivity contribution in [3.05, 3.63) is 29.3 Å². The zero-order chi connectivity index (χ0) is 10.3. The van der Waals surface area contributed by atoms with Gasteiger partial charge in [0.25, 0.3) is 0 Å². The Balaban J connectivity index is 1.92. The Labute approximate surface area is 90.3 Å². The van der Waals surface area contributed by atoms with Crippen molar-refractivity contribution in [2.24, 2.45) is 5.92 Å². The van der Waals surface area contributed by atoms with Crippen molar-refractivity contribution >= 4 is 0 Å². The minimum Gasteiger partial charge on any atom is -0.508 e. The highest BCUT2D eigenvalue weighted by Gasteiger charge is 2.30. The first-order chi connectivity index (χ1) is 7.33. The molecule has 1 fully saturated rings. The molecular weight excluding hydrogens is 186 g/mol. The van der Waals surface area contributed by atoms with Gasteiger partial charge in [-0.25, -0.2) is 0 Å². The summed E-state index contributed by atoms with van der Waals surface area (Å²) >= 11 is 0. The van der Waals surface area contributed by atoms with Crippen LogP contribution in [0.2, 0.25) is 0 Å². The number of phenols is 1. The van der Waals surface area contributed by atoms with Gasteiger partial charge in [-0.3, -0.25) is 0 Å². The fourth-order valence-electron chi connectivity index (χ4n) is 3.02. The van der Waals surface area contributed by atoms with Gasteiger partial charge in [0.1, 0.15) is 5.75 Å². The maximum Gasteiger partial charge on any atom is 0.115 e. The molecule has 2 N–H and O–H groups in total. The van der Waals surface area contributed by atoms with E-state index in [0.29, 0.717) is 11.8 Å². The maximum absolute atomic E-state index is 9.46. The first kappa shape index (κ1) is 9.22. The van der Waals surface area contributed by atoms with Crippen LogP contribution in [0.3, 0.4) is 0 Å². The summed E-state index contributed by atoms with van der Waals surface area (Å²) in [6.07, 6.45) is 4.95. The van der Waals surface area contributed by atoms with E-state index in [-0.39, 0.29) is 0 Å². The molecule has 2 aliphatic rings. The van der Waals surface area contributed by atoms with Gasteiger partial charge in [-0.2, -0.15) is 0 Å². The normalized spacial score (nSPS) is 29.3. The first-order valence-electron chi connectivity index (χ1n) is 5.87. The summed E-state index contributed by atoms with van der Waals surface area (Å²) in [5.41, 5.74) is 2.78. The summed E-state index contributed by atoms with van der Waals surface area (Å²) in [5, 5.41) is 13.1. The van der Waals surface area contributed by atoms with Crippen LogP contribution in [0.1, 0.15) is 24.0 Å². The maximum atomic E-state index is 9.46. The van der Waals surface area contributed by atoms with Gasteiger partial charge in [0.05, 0.1) is 0 Å². The largest absolute Gasteiger partial charge is 0.508 e. The van der Waals surface area contributed by atoms with Crippen LogP contribution in [0.5, 0.6) is 5.75 Å². The minimum atomic E-state index is 0.406. The van der Waals surface area contributed by atoms with Gasteiger partial charge in [0.15, 0.2) is 0 Å². The second-order valence-corrected chi connectivity index (χ2v) is 4.82. The lowest BCUT2D eigenvalue weighted by atomic mass is 9.76. The third kappa shape index (κ3) is 1.63. The lowest BCUT2D eigenvalue weighted by molar-refractivity contribution is 0.263. The number of hydrogen-bond acceptors (Lipinski definition) is 2. The Hall–Kier alpha value is -1.02. The molecule has 0 saturated carbocycles. The molecule has 15 heavy (non-hydrogen) atoms. The molecule has 2 unspecified atom stereocenters. The number of benzene rings is 1. The smallest absolute Gasteiger partial charge is 0.115 e. The van der Waals surface area contributed by atoms with E-state index in [2.05, 4.69) is 11.4 Å². The Bertz CT molecular complexity index is 375. The standard InChI is InChI=1S/C13H17NO/c15-12-4-3-9-6-10-2-1-5-14-13(10)8-11(9)7-12/h3-4,7,10,13-15H,1-2,5-6,8H2. The summed E-state index contributed by atoms with van der Waals surface area (Å²) in [5.74, 6) is 1.22. The summed E-state index contributed by atoms with van der Waals surface area (Å²) < 4.78 is 0. The van der Waals surface area contributed by atoms with Crippen LogP contribution >= 0.6 is 0 Å². The van der Waals surface area contributed by atoms with Crippen molar-refractivity contribution < 1.29 is 5.11 Å². The SMILES string of the molecule is Oc1ccc2c(c1)CC1NCCCC1C2. The Morgan fingerprint density at radius 3 is 3.07 bits per heavy atom. The van der Waals surface area contributed by atoms with Crippen LogP contribution in [0.15, 0.2) is 18.2 Å². The Morgan fingerprint density at radius 1 is 1.20 bits per heavy atom. The quantitative estimate of drug-likeness (QED) is 0.674. The average Bonchev–Trinajstić information content (AvgIpc) is 2.26. The summed E-state index contributed by atoms with van der Waals surface area (Å²) in [6.45, 7) is 1.16. The predicted molar refractivity (Wildman–Crippen MR) is 60.0 cm³/mol. The molecule has 1 aromatic carbocycles. The van der Waals surface area contributed by atoms with E-state index in [4.69, 9.17) is 0 Å². The van der Waals surface area contributed by atoms with Gasteiger partial charge in [-0.05, 0) is 61.4 Å². The van der Waals surface area contributed by atoms with Crippen LogP contribution in [0.25, 0.3) is 0 Å². The third-order valence-electron chi connectivity index (χ3n) is 3.84. The van der Waals surface area contributed by atoms with Gasteiger partial charge >= 0.3 is 0 Å². The second kappa shape index (κ2) is 3.53. The predicted octanol–water partition coefficient (Wildman–Crippen LogP) is 1.86. The number of nitrogens with one attached hydrogen (secondary N) is 1. The van der Waals surface area contributed by atoms with Crippen LogP contribution in [0, 0.1) is 5.92 Å². The summed E-state index contributed by atoms with van der Waals surface area (Å²) in [4.78, 5) is 0. The molecule has 2 nitrogen and oxygen atoms in total. The second-order valence-electron chi connectivity index (χ2n) is 4.82. The number of aromatic hydroxyl groups is 1. The van der Waals surface area contributed by atoms with Gasteiger partial charge in [-0.15, -0.1) is 0 Å². The summed E-state index contributed by atoms with van der Waals surface area (Å²) in [7, 11) is 0. The summed E-state index contributed by atoms with van der Waals surface area (Å²) in [6, 6.07) is 6.49. The van der Waals surface area contributed by atoms with Crippen LogP contribution in [0.4, 0.5) is 0 Å². The van der Waals surface area contributed by atoms with Crippen molar-refractivity contribution in [3.8, 4) is 5.75 Å². The molecule has 80 valence electrons. The third-order valence-corrected chi connectivity index (χ3v) is 3.84. The highest BCUT2D eigenvalue weighted by Crippen LogP contribution is 2.32. The van der Waals surface area contributed by atoms with Crippen LogP contribution in [-0.2, 0) is 12.8 Å². The molecule has 3 rings (SSSR count). The molecule has 0 spiro atoms. The van der Waals surface area contributed by atoms with Crippen LogP contribution in [-0.4, -0.2) is 17.7 Å². The fourth-order valence-corrected chi connectivity index (χ4v) is 3.02. The van der Waals surface area contributed by atoms with Crippen molar-refractivity contribution in [3.63, 3.8) is 0 Å². The molecule has 2 heteroatoms. The molecule has 1 aromatic rings. The monoisotopic (exact) mass is 203 g/mol. The lowest BCUT2D eigenvalue weighted by Gasteiger charge is -2.37. The van der Waals surface area contributed by atoms with Crippen molar-refractivity contribution in [1.82, 2.24) is 5.32 Å². The van der Waals surface area contributed by atoms with Gasteiger partial charge in [0.2, 0.25) is 0 Å². The van der Waals surface area contributed by atoms with Crippen molar-refractivity contribution in [2.75, 3.05) is 6.54 Å². The van der Waals surface area contributed by atoms with Gasteiger partial charge in [0, 0.05) is 6.04 Å². The van der Waals surface area contributed by atoms with E-state index >= 15 is 0 Å². The van der Waals surface area contributed by atoms with E-state index < -0.39 is 0 Å². The van der Waals surface area contributed by atoms with E-state index in [1.807, 2.05) is 12.1 Å². The van der Waals surface area contributed by atoms with E-state index in [1.165, 1.54) is 30.4 Å². The molecule has 0 amide bonds. The molecule has 1 heterocycles. The topological polar surface area (TPSA) is 32.3 Å². The molecular formula is C13H17NO. The molecule has 1 saturated heterocycles. The number of hydrogen-bond donors (Lipinski definition) is 2. The van der Waals surface area contributed by atoms with E-state index in [1.54, 1.807) is 0 Å². The molecule has 1 aliphatic heterocycles. The highest BCUT2D eigenvalue weighted by atomic mass is 16.3. The molecule has 1 aliphatic carbocycles. The molecule has 2 atom stereocenters. The number of rotatable bonds is 0. The molecule has 0 bridgehead atoms. The van der Waals surface area contributed by atoms with Crippen molar-refractivity contribution in [1.29, 1.82) is 0 Å². The Kier molecular flexibility index (Phi) is 2.17. The van der Waals surface area contributed by atoms with E-state index in [9.17, 15) is 5.11 Å². The van der Waals surface area contributed by atoms with E-state index in [0.717, 1.165) is 18.9 Å². The molecule has 0 radical (unpaired) electrons. The molecule has 0 aromatic heterocycles. The minimum absolute atomic E-state index is 0.406. The van der Waals surface area contributed by atoms with Gasteiger partial charge < -0.3 is 10.4 Å². The number of phenolic OH excluding ortho intramolecular Hbond substituents is 1. The first-order valence-corrected chi connectivity index (χ1v) is 5.87. The average molecular weight is 203 g/mol. The van der Waals surface area contributed by atoms with Crippen molar-refractivity contribution in [2.45, 2.75) is 31.7 Å². The van der Waals surface area contributed by atoms with Crippen LogP contribution < -0.4 is 5.32 Å². The fraction of sp³-hybridized carbons (Fsp3) is 0.538. The zero-order valence-corrected chi connectivity index (χ0v) is 8.87. The number of piperidine rings is 1.